The first-order chi connectivity index (χ1) is 14.0. The zero-order valence-electron chi connectivity index (χ0n) is 16.8. The van der Waals surface area contributed by atoms with Crippen LogP contribution in [-0.2, 0) is 4.79 Å². The first-order valence-corrected chi connectivity index (χ1v) is 11.6. The number of rotatable bonds is 4. The Hall–Kier alpha value is -2.25. The number of para-hydroxylation sites is 1. The van der Waals surface area contributed by atoms with Crippen LogP contribution in [0.3, 0.4) is 0 Å². The second-order valence-electron chi connectivity index (χ2n) is 7.29. The fourth-order valence-corrected chi connectivity index (χ4v) is 5.42. The first-order valence-electron chi connectivity index (χ1n) is 9.69. The predicted molar refractivity (Wildman–Crippen MR) is 120 cm³/mol. The molecule has 1 atom stereocenters. The molecular weight excluding hydrogens is 400 g/mol. The van der Waals surface area contributed by atoms with Gasteiger partial charge in [0.25, 0.3) is 0 Å². The average molecular weight is 425 g/mol. The highest BCUT2D eigenvalue weighted by atomic mass is 32.2. The van der Waals surface area contributed by atoms with Crippen LogP contribution in [0, 0.1) is 13.8 Å². The van der Waals surface area contributed by atoms with Gasteiger partial charge in [-0.15, -0.1) is 22.0 Å². The summed E-state index contributed by atoms with van der Waals surface area (Å²) >= 11 is 3.28. The number of aryl methyl sites for hydroxylation is 2. The summed E-state index contributed by atoms with van der Waals surface area (Å²) in [5, 5.41) is 9.55. The van der Waals surface area contributed by atoms with Crippen LogP contribution in [0.15, 0.2) is 58.8 Å². The summed E-state index contributed by atoms with van der Waals surface area (Å²) in [6.45, 7) is 7.12. The molecule has 1 aromatic heterocycles. The van der Waals surface area contributed by atoms with E-state index in [-0.39, 0.29) is 5.91 Å². The smallest absolute Gasteiger partial charge is 0.237 e. The molecular formula is C22H24N4OS2. The van der Waals surface area contributed by atoms with Gasteiger partial charge < -0.3 is 4.90 Å². The van der Waals surface area contributed by atoms with Gasteiger partial charge in [-0.1, -0.05) is 48.5 Å². The molecule has 1 amide bonds. The number of fused-ring (bicyclic) bond motifs is 1. The molecule has 5 nitrogen and oxygen atoms in total. The van der Waals surface area contributed by atoms with Crippen molar-refractivity contribution < 1.29 is 4.79 Å². The molecule has 2 aromatic carbocycles. The summed E-state index contributed by atoms with van der Waals surface area (Å²) in [5.74, 6) is 0.434. The maximum Gasteiger partial charge on any atom is 0.237 e. The van der Waals surface area contributed by atoms with E-state index in [9.17, 15) is 4.79 Å². The molecule has 0 N–H and O–H groups in total. The minimum Gasteiger partial charge on any atom is -0.311 e. The third kappa shape index (κ3) is 4.36. The highest BCUT2D eigenvalue weighted by molar-refractivity contribution is 8.00. The minimum absolute atomic E-state index is 0.104. The van der Waals surface area contributed by atoms with Crippen LogP contribution in [0.25, 0.3) is 5.69 Å². The number of carbonyl (C=O) groups excluding carboxylic acids is 1. The van der Waals surface area contributed by atoms with Gasteiger partial charge in [0.2, 0.25) is 5.91 Å². The molecule has 1 unspecified atom stereocenters. The van der Waals surface area contributed by atoms with Crippen molar-refractivity contribution in [3.8, 4) is 5.69 Å². The molecule has 0 fully saturated rings. The maximum atomic E-state index is 13.1. The second kappa shape index (κ2) is 8.63. The van der Waals surface area contributed by atoms with Crippen molar-refractivity contribution in [2.75, 3.05) is 17.2 Å². The Balaban J connectivity index is 1.52. The van der Waals surface area contributed by atoms with Crippen molar-refractivity contribution in [1.29, 1.82) is 0 Å². The molecule has 1 aliphatic heterocycles. The zero-order valence-corrected chi connectivity index (χ0v) is 18.5. The van der Waals surface area contributed by atoms with E-state index in [1.807, 2.05) is 39.4 Å². The van der Waals surface area contributed by atoms with Crippen molar-refractivity contribution in [3.63, 3.8) is 0 Å². The summed E-state index contributed by atoms with van der Waals surface area (Å²) in [6, 6.07) is 14.5. The summed E-state index contributed by atoms with van der Waals surface area (Å²) in [7, 11) is 0. The number of anilines is 1. The van der Waals surface area contributed by atoms with Crippen molar-refractivity contribution in [3.05, 3.63) is 59.9 Å². The number of amides is 1. The van der Waals surface area contributed by atoms with E-state index in [1.54, 1.807) is 6.33 Å². The Kier molecular flexibility index (Phi) is 5.96. The number of carbonyl (C=O) groups is 1. The maximum absolute atomic E-state index is 13.1. The molecule has 3 aromatic rings. The monoisotopic (exact) mass is 424 g/mol. The van der Waals surface area contributed by atoms with Crippen molar-refractivity contribution in [2.45, 2.75) is 42.5 Å². The largest absolute Gasteiger partial charge is 0.311 e. The Morgan fingerprint density at radius 2 is 2.03 bits per heavy atom. The Morgan fingerprint density at radius 1 is 1.21 bits per heavy atom. The van der Waals surface area contributed by atoms with Crippen LogP contribution in [0.1, 0.15) is 24.5 Å². The van der Waals surface area contributed by atoms with E-state index in [4.69, 9.17) is 0 Å². The van der Waals surface area contributed by atoms with E-state index in [0.717, 1.165) is 35.1 Å². The SMILES string of the molecule is Cc1ccc(-n2cnnc2SCC(=O)N2CCC(C)Sc3ccccc32)c(C)c1. The van der Waals surface area contributed by atoms with E-state index in [2.05, 4.69) is 55.2 Å². The molecule has 150 valence electrons. The van der Waals surface area contributed by atoms with Crippen LogP contribution >= 0.6 is 23.5 Å². The molecule has 2 heterocycles. The predicted octanol–water partition coefficient (Wildman–Crippen LogP) is 4.89. The van der Waals surface area contributed by atoms with Crippen LogP contribution in [0.5, 0.6) is 0 Å². The lowest BCUT2D eigenvalue weighted by Gasteiger charge is -2.22. The molecule has 0 aliphatic carbocycles. The normalized spacial score (nSPS) is 16.4. The van der Waals surface area contributed by atoms with Gasteiger partial charge in [0.1, 0.15) is 6.33 Å². The Bertz CT molecular complexity index is 1030. The van der Waals surface area contributed by atoms with Gasteiger partial charge in [0.15, 0.2) is 5.16 Å². The number of nitrogens with zero attached hydrogens (tertiary/aromatic N) is 4. The van der Waals surface area contributed by atoms with Crippen LogP contribution in [0.2, 0.25) is 0 Å². The minimum atomic E-state index is 0.104. The van der Waals surface area contributed by atoms with Gasteiger partial charge in [0, 0.05) is 16.7 Å². The van der Waals surface area contributed by atoms with Gasteiger partial charge in [-0.05, 0) is 44.0 Å². The van der Waals surface area contributed by atoms with E-state index < -0.39 is 0 Å². The van der Waals surface area contributed by atoms with E-state index in [1.165, 1.54) is 22.2 Å². The molecule has 0 radical (unpaired) electrons. The number of hydrogen-bond acceptors (Lipinski definition) is 5. The molecule has 1 aliphatic rings. The topological polar surface area (TPSA) is 51.0 Å². The molecule has 29 heavy (non-hydrogen) atoms. The Labute approximate surface area is 179 Å². The van der Waals surface area contributed by atoms with Gasteiger partial charge in [-0.25, -0.2) is 0 Å². The summed E-state index contributed by atoms with van der Waals surface area (Å²) in [4.78, 5) is 16.2. The van der Waals surface area contributed by atoms with Crippen molar-refractivity contribution in [1.82, 2.24) is 14.8 Å². The number of hydrogen-bond donors (Lipinski definition) is 0. The highest BCUT2D eigenvalue weighted by Gasteiger charge is 2.24. The third-order valence-electron chi connectivity index (χ3n) is 5.00. The van der Waals surface area contributed by atoms with E-state index >= 15 is 0 Å². The standard InChI is InChI=1S/C22H24N4OS2/c1-15-8-9-18(16(2)12-15)26-14-23-24-22(26)28-13-21(27)25-11-10-17(3)29-20-7-5-4-6-19(20)25/h4-9,12,14,17H,10-11,13H2,1-3H3. The van der Waals surface area contributed by atoms with E-state index in [0.29, 0.717) is 11.0 Å². The molecule has 7 heteroatoms. The number of aromatic nitrogens is 3. The van der Waals surface area contributed by atoms with Gasteiger partial charge in [0.05, 0.1) is 17.1 Å². The lowest BCUT2D eigenvalue weighted by Crippen LogP contribution is -2.33. The highest BCUT2D eigenvalue weighted by Crippen LogP contribution is 2.37. The van der Waals surface area contributed by atoms with Crippen LogP contribution < -0.4 is 4.90 Å². The Morgan fingerprint density at radius 3 is 2.86 bits per heavy atom. The molecule has 0 bridgehead atoms. The molecule has 4 rings (SSSR count). The fraction of sp³-hybridized carbons (Fsp3) is 0.318. The van der Waals surface area contributed by atoms with Gasteiger partial charge >= 0.3 is 0 Å². The average Bonchev–Trinajstić information content (AvgIpc) is 3.08. The summed E-state index contributed by atoms with van der Waals surface area (Å²) < 4.78 is 1.96. The van der Waals surface area contributed by atoms with Gasteiger partial charge in [-0.3, -0.25) is 9.36 Å². The number of thioether (sulfide) groups is 2. The zero-order chi connectivity index (χ0) is 20.4. The lowest BCUT2D eigenvalue weighted by atomic mass is 10.1. The quantitative estimate of drug-likeness (QED) is 0.558. The number of benzene rings is 2. The fourth-order valence-electron chi connectivity index (χ4n) is 3.51. The van der Waals surface area contributed by atoms with Gasteiger partial charge in [-0.2, -0.15) is 0 Å². The molecule has 0 saturated heterocycles. The molecule has 0 saturated carbocycles. The second-order valence-corrected chi connectivity index (χ2v) is 9.72. The van der Waals surface area contributed by atoms with Crippen LogP contribution in [0.4, 0.5) is 5.69 Å². The summed E-state index contributed by atoms with van der Waals surface area (Å²) in [5.41, 5.74) is 4.44. The third-order valence-corrected chi connectivity index (χ3v) is 7.16. The lowest BCUT2D eigenvalue weighted by molar-refractivity contribution is -0.116. The van der Waals surface area contributed by atoms with Crippen LogP contribution in [-0.4, -0.2) is 38.2 Å². The first kappa shape index (κ1) is 20.0. The van der Waals surface area contributed by atoms with Crippen molar-refractivity contribution >= 4 is 35.1 Å². The summed E-state index contributed by atoms with van der Waals surface area (Å²) in [6.07, 6.45) is 2.69. The molecule has 0 spiro atoms. The van der Waals surface area contributed by atoms with Crippen molar-refractivity contribution in [2.24, 2.45) is 0 Å².